The van der Waals surface area contributed by atoms with E-state index in [0.717, 1.165) is 59.5 Å². The average Bonchev–Trinajstić information content (AvgIpc) is 3.37. The van der Waals surface area contributed by atoms with Crippen molar-refractivity contribution in [3.63, 3.8) is 0 Å². The van der Waals surface area contributed by atoms with Gasteiger partial charge in [-0.3, -0.25) is 9.59 Å². The van der Waals surface area contributed by atoms with Gasteiger partial charge in [0.15, 0.2) is 0 Å². The van der Waals surface area contributed by atoms with Crippen molar-refractivity contribution in [1.29, 1.82) is 0 Å². The molecule has 1 amide bonds. The van der Waals surface area contributed by atoms with Gasteiger partial charge < -0.3 is 20.4 Å². The third-order valence-electron chi connectivity index (χ3n) is 6.32. The molecule has 0 saturated carbocycles. The molecule has 2 heterocycles. The van der Waals surface area contributed by atoms with Crippen molar-refractivity contribution in [2.24, 2.45) is 0 Å². The van der Waals surface area contributed by atoms with E-state index in [-0.39, 0.29) is 17.9 Å². The number of nitrogens with zero attached hydrogens (tertiary/aromatic N) is 2. The van der Waals surface area contributed by atoms with Crippen LogP contribution in [0.1, 0.15) is 57.1 Å². The van der Waals surface area contributed by atoms with E-state index in [9.17, 15) is 9.59 Å². The van der Waals surface area contributed by atoms with Crippen LogP contribution in [0, 0.1) is 0 Å². The van der Waals surface area contributed by atoms with Crippen LogP contribution < -0.4 is 10.6 Å². The number of aromatic nitrogens is 3. The molecule has 0 unspecified atom stereocenters. The lowest BCUT2D eigenvalue weighted by Crippen LogP contribution is -2.10. The molecular formula is C29H33N5O3. The van der Waals surface area contributed by atoms with Gasteiger partial charge in [0.05, 0.1) is 12.5 Å². The Morgan fingerprint density at radius 2 is 1.68 bits per heavy atom. The predicted molar refractivity (Wildman–Crippen MR) is 146 cm³/mol. The van der Waals surface area contributed by atoms with Crippen LogP contribution in [0.4, 0.5) is 11.5 Å². The van der Waals surface area contributed by atoms with E-state index in [0.29, 0.717) is 12.8 Å². The van der Waals surface area contributed by atoms with Crippen LogP contribution in [0.2, 0.25) is 0 Å². The number of nitrogens with one attached hydrogen (secondary N) is 3. The summed E-state index contributed by atoms with van der Waals surface area (Å²) in [7, 11) is 1.40. The third-order valence-corrected chi connectivity index (χ3v) is 6.32. The van der Waals surface area contributed by atoms with Gasteiger partial charge in [-0.05, 0) is 49.1 Å². The number of anilines is 2. The van der Waals surface area contributed by atoms with E-state index in [1.165, 1.54) is 12.7 Å². The number of H-pyrrole nitrogens is 1. The molecule has 8 heteroatoms. The normalized spacial score (nSPS) is 11.7. The van der Waals surface area contributed by atoms with Crippen molar-refractivity contribution in [2.45, 2.75) is 51.5 Å². The number of esters is 1. The van der Waals surface area contributed by atoms with Crippen LogP contribution in [0.3, 0.4) is 0 Å². The first-order valence-electron chi connectivity index (χ1n) is 12.7. The summed E-state index contributed by atoms with van der Waals surface area (Å²) in [6.07, 6.45) is 5.85. The Balaban J connectivity index is 1.33. The fourth-order valence-electron chi connectivity index (χ4n) is 4.21. The standard InChI is InChI=1S/C29H33N5O3/c1-20(21-10-6-5-7-11-21)32-28-24-18-25(34-29(24)31-19-30-28)22-14-16-23(17-15-22)33-26(35)12-8-3-4-9-13-27(36)37-2/h5-7,10-11,14-20H,3-4,8-9,12-13H2,1-2H3,(H,33,35)(H2,30,31,32,34)/t20-/m1/s1. The van der Waals surface area contributed by atoms with E-state index in [4.69, 9.17) is 0 Å². The van der Waals surface area contributed by atoms with Crippen LogP contribution in [0.15, 0.2) is 67.0 Å². The first kappa shape index (κ1) is 25.9. The summed E-state index contributed by atoms with van der Waals surface area (Å²) in [6, 6.07) is 20.1. The molecule has 0 radical (unpaired) electrons. The number of amides is 1. The molecule has 0 aliphatic rings. The summed E-state index contributed by atoms with van der Waals surface area (Å²) in [5.41, 5.74) is 4.62. The average molecular weight is 500 g/mol. The van der Waals surface area contributed by atoms with Gasteiger partial charge in [-0.1, -0.05) is 55.3 Å². The highest BCUT2D eigenvalue weighted by atomic mass is 16.5. The van der Waals surface area contributed by atoms with Gasteiger partial charge in [0.1, 0.15) is 17.8 Å². The molecule has 0 saturated heterocycles. The van der Waals surface area contributed by atoms with E-state index in [2.05, 4.69) is 49.4 Å². The van der Waals surface area contributed by atoms with Crippen LogP contribution >= 0.6 is 0 Å². The molecule has 2 aromatic heterocycles. The minimum Gasteiger partial charge on any atom is -0.469 e. The molecule has 0 aliphatic carbocycles. The molecule has 192 valence electrons. The molecule has 8 nitrogen and oxygen atoms in total. The number of methoxy groups -OCH3 is 1. The lowest BCUT2D eigenvalue weighted by atomic mass is 10.1. The van der Waals surface area contributed by atoms with Gasteiger partial charge in [-0.25, -0.2) is 9.97 Å². The zero-order valence-corrected chi connectivity index (χ0v) is 21.3. The number of aromatic amines is 1. The highest BCUT2D eigenvalue weighted by molar-refractivity contribution is 5.93. The minimum atomic E-state index is -0.184. The van der Waals surface area contributed by atoms with Gasteiger partial charge >= 0.3 is 5.97 Å². The summed E-state index contributed by atoms with van der Waals surface area (Å²) < 4.78 is 4.63. The molecule has 0 bridgehead atoms. The number of unbranched alkanes of at least 4 members (excludes halogenated alkanes) is 3. The lowest BCUT2D eigenvalue weighted by molar-refractivity contribution is -0.140. The summed E-state index contributed by atoms with van der Waals surface area (Å²) >= 11 is 0. The first-order chi connectivity index (χ1) is 18.0. The van der Waals surface area contributed by atoms with Gasteiger partial charge in [0.25, 0.3) is 0 Å². The number of hydrogen-bond donors (Lipinski definition) is 3. The topological polar surface area (TPSA) is 109 Å². The Bertz CT molecular complexity index is 1320. The van der Waals surface area contributed by atoms with Crippen molar-refractivity contribution in [2.75, 3.05) is 17.7 Å². The molecule has 0 fully saturated rings. The third kappa shape index (κ3) is 7.16. The van der Waals surface area contributed by atoms with Crippen molar-refractivity contribution >= 4 is 34.4 Å². The second-order valence-corrected chi connectivity index (χ2v) is 9.06. The predicted octanol–water partition coefficient (Wildman–Crippen LogP) is 6.25. The Morgan fingerprint density at radius 1 is 0.946 bits per heavy atom. The minimum absolute atomic E-state index is 0.00939. The number of fused-ring (bicyclic) bond motifs is 1. The van der Waals surface area contributed by atoms with Crippen LogP contribution in [-0.2, 0) is 14.3 Å². The molecule has 4 rings (SSSR count). The molecular weight excluding hydrogens is 466 g/mol. The van der Waals surface area contributed by atoms with E-state index in [1.54, 1.807) is 6.33 Å². The van der Waals surface area contributed by atoms with Gasteiger partial charge in [0, 0.05) is 30.3 Å². The van der Waals surface area contributed by atoms with Crippen LogP contribution in [-0.4, -0.2) is 33.9 Å². The molecule has 37 heavy (non-hydrogen) atoms. The highest BCUT2D eigenvalue weighted by Gasteiger charge is 2.13. The molecule has 0 spiro atoms. The number of ether oxygens (including phenoxy) is 1. The number of carbonyl (C=O) groups excluding carboxylic acids is 2. The van der Waals surface area contributed by atoms with Crippen LogP contribution in [0.5, 0.6) is 0 Å². The van der Waals surface area contributed by atoms with E-state index in [1.807, 2.05) is 48.5 Å². The fraction of sp³-hybridized carbons (Fsp3) is 0.310. The zero-order chi connectivity index (χ0) is 26.0. The smallest absolute Gasteiger partial charge is 0.305 e. The molecule has 0 aliphatic heterocycles. The summed E-state index contributed by atoms with van der Waals surface area (Å²) in [6.45, 7) is 2.11. The Labute approximate surface area is 216 Å². The fourth-order valence-corrected chi connectivity index (χ4v) is 4.21. The summed E-state index contributed by atoms with van der Waals surface area (Å²) in [5.74, 6) is 0.583. The molecule has 1 atom stereocenters. The Hall–Kier alpha value is -4.20. The zero-order valence-electron chi connectivity index (χ0n) is 21.3. The van der Waals surface area contributed by atoms with E-state index >= 15 is 0 Å². The maximum absolute atomic E-state index is 12.3. The van der Waals surface area contributed by atoms with Gasteiger partial charge in [-0.2, -0.15) is 0 Å². The Kier molecular flexibility index (Phi) is 8.86. The lowest BCUT2D eigenvalue weighted by Gasteiger charge is -2.15. The number of rotatable bonds is 12. The monoisotopic (exact) mass is 499 g/mol. The molecule has 4 aromatic rings. The largest absolute Gasteiger partial charge is 0.469 e. The van der Waals surface area contributed by atoms with Crippen molar-refractivity contribution in [3.8, 4) is 11.3 Å². The number of carbonyl (C=O) groups is 2. The second-order valence-electron chi connectivity index (χ2n) is 9.06. The highest BCUT2D eigenvalue weighted by Crippen LogP contribution is 2.29. The van der Waals surface area contributed by atoms with Gasteiger partial charge in [0.2, 0.25) is 5.91 Å². The first-order valence-corrected chi connectivity index (χ1v) is 12.7. The van der Waals surface area contributed by atoms with Crippen molar-refractivity contribution < 1.29 is 14.3 Å². The maximum Gasteiger partial charge on any atom is 0.305 e. The SMILES string of the molecule is COC(=O)CCCCCCC(=O)Nc1ccc(-c2cc3c(N[C@H](C)c4ccccc4)ncnc3[nH]2)cc1. The van der Waals surface area contributed by atoms with Gasteiger partial charge in [-0.15, -0.1) is 0 Å². The number of benzene rings is 2. The van der Waals surface area contributed by atoms with Crippen molar-refractivity contribution in [1.82, 2.24) is 15.0 Å². The van der Waals surface area contributed by atoms with Crippen LogP contribution in [0.25, 0.3) is 22.3 Å². The summed E-state index contributed by atoms with van der Waals surface area (Å²) in [4.78, 5) is 35.6. The molecule has 3 N–H and O–H groups in total. The van der Waals surface area contributed by atoms with E-state index < -0.39 is 0 Å². The quantitative estimate of drug-likeness (QED) is 0.157. The maximum atomic E-state index is 12.3. The summed E-state index contributed by atoms with van der Waals surface area (Å²) in [5, 5.41) is 7.37. The van der Waals surface area contributed by atoms with Crippen molar-refractivity contribution in [3.05, 3.63) is 72.6 Å². The molecule has 2 aromatic carbocycles. The number of hydrogen-bond acceptors (Lipinski definition) is 6. The second kappa shape index (κ2) is 12.7. The Morgan fingerprint density at radius 3 is 2.41 bits per heavy atom.